The summed E-state index contributed by atoms with van der Waals surface area (Å²) < 4.78 is 5.64. The second-order valence-electron chi connectivity index (χ2n) is 6.27. The number of hydrogen-bond donors (Lipinski definition) is 2. The number of piperidine rings is 1. The summed E-state index contributed by atoms with van der Waals surface area (Å²) in [5.74, 6) is 0.757. The van der Waals surface area contributed by atoms with E-state index in [0.717, 1.165) is 24.3 Å². The van der Waals surface area contributed by atoms with Gasteiger partial charge in [-0.25, -0.2) is 4.98 Å². The van der Waals surface area contributed by atoms with Gasteiger partial charge in [-0.1, -0.05) is 12.1 Å². The van der Waals surface area contributed by atoms with E-state index in [2.05, 4.69) is 16.9 Å². The lowest BCUT2D eigenvalue weighted by Gasteiger charge is -2.29. The van der Waals surface area contributed by atoms with E-state index in [-0.39, 0.29) is 5.56 Å². The van der Waals surface area contributed by atoms with E-state index >= 15 is 0 Å². The van der Waals surface area contributed by atoms with Crippen molar-refractivity contribution in [3.8, 4) is 0 Å². The molecule has 0 bridgehead atoms. The van der Waals surface area contributed by atoms with Crippen LogP contribution in [0, 0.1) is 0 Å². The van der Waals surface area contributed by atoms with Gasteiger partial charge in [-0.15, -0.1) is 0 Å². The Morgan fingerprint density at radius 2 is 2.23 bits per heavy atom. The van der Waals surface area contributed by atoms with Crippen LogP contribution in [0.15, 0.2) is 33.5 Å². The third kappa shape index (κ3) is 2.22. The van der Waals surface area contributed by atoms with Gasteiger partial charge in [0.2, 0.25) is 5.58 Å². The first kappa shape index (κ1) is 13.5. The van der Waals surface area contributed by atoms with Crippen molar-refractivity contribution < 1.29 is 9.32 Å². The molecule has 5 nitrogen and oxygen atoms in total. The van der Waals surface area contributed by atoms with Crippen molar-refractivity contribution in [1.82, 2.24) is 9.97 Å². The molecule has 3 aromatic rings. The van der Waals surface area contributed by atoms with Crippen LogP contribution < -0.4 is 10.5 Å². The number of fused-ring (bicyclic) bond motifs is 3. The summed E-state index contributed by atoms with van der Waals surface area (Å²) >= 11 is 0. The smallest absolute Gasteiger partial charge is 0.294 e. The van der Waals surface area contributed by atoms with Crippen molar-refractivity contribution in [3.05, 3.63) is 40.4 Å². The number of benzene rings is 1. The number of para-hydroxylation sites is 1. The fraction of sp³-hybridized carbons (Fsp3) is 0.412. The minimum Gasteiger partial charge on any atom is -0.449 e. The molecule has 2 atom stereocenters. The quantitative estimate of drug-likeness (QED) is 0.756. The number of likely N-dealkylation sites (tertiary alicyclic amines) is 1. The Bertz CT molecular complexity index is 880. The average Bonchev–Trinajstić information content (AvgIpc) is 2.89. The zero-order chi connectivity index (χ0) is 15.1. The van der Waals surface area contributed by atoms with Crippen LogP contribution in [-0.2, 0) is 6.54 Å². The molecule has 0 aliphatic carbocycles. The van der Waals surface area contributed by atoms with Crippen LogP contribution in [0.1, 0.15) is 32.0 Å². The Morgan fingerprint density at radius 3 is 3.09 bits per heavy atom. The van der Waals surface area contributed by atoms with Crippen molar-refractivity contribution in [1.29, 1.82) is 0 Å². The lowest BCUT2D eigenvalue weighted by Crippen LogP contribution is -3.15. The third-order valence-electron chi connectivity index (χ3n) is 4.76. The lowest BCUT2D eigenvalue weighted by molar-refractivity contribution is -0.942. The third-order valence-corrected chi connectivity index (χ3v) is 4.76. The molecule has 1 aliphatic heterocycles. The van der Waals surface area contributed by atoms with Crippen LogP contribution in [0.2, 0.25) is 0 Å². The maximum atomic E-state index is 12.3. The Morgan fingerprint density at radius 1 is 1.36 bits per heavy atom. The molecule has 1 fully saturated rings. The largest absolute Gasteiger partial charge is 0.449 e. The van der Waals surface area contributed by atoms with Gasteiger partial charge in [0, 0.05) is 5.39 Å². The standard InChI is InChI=1S/C17H19N3O2/c1-11-6-4-5-9-20(11)10-14-18-15-12-7-2-3-8-13(12)22-16(15)17(21)19-14/h2-3,7-8,11H,4-6,9-10H2,1H3,(H,18,19,21)/p+1/t11-/m1/s1. The molecule has 114 valence electrons. The number of hydrogen-bond acceptors (Lipinski definition) is 3. The molecule has 2 N–H and O–H groups in total. The van der Waals surface area contributed by atoms with Crippen LogP contribution in [-0.4, -0.2) is 22.6 Å². The van der Waals surface area contributed by atoms with Gasteiger partial charge in [-0.2, -0.15) is 0 Å². The summed E-state index contributed by atoms with van der Waals surface area (Å²) in [7, 11) is 0. The minimum absolute atomic E-state index is 0.180. The van der Waals surface area contributed by atoms with E-state index in [9.17, 15) is 4.79 Å². The van der Waals surface area contributed by atoms with E-state index in [0.29, 0.717) is 22.7 Å². The number of rotatable bonds is 2. The molecule has 1 unspecified atom stereocenters. The Kier molecular flexibility index (Phi) is 3.22. The molecule has 0 radical (unpaired) electrons. The fourth-order valence-corrected chi connectivity index (χ4v) is 3.46. The molecule has 1 saturated heterocycles. The van der Waals surface area contributed by atoms with E-state index in [4.69, 9.17) is 4.42 Å². The second kappa shape index (κ2) is 5.25. The van der Waals surface area contributed by atoms with Crippen molar-refractivity contribution in [2.75, 3.05) is 6.54 Å². The Hall–Kier alpha value is -2.14. The van der Waals surface area contributed by atoms with Crippen LogP contribution in [0.25, 0.3) is 22.1 Å². The van der Waals surface area contributed by atoms with Gasteiger partial charge in [-0.3, -0.25) is 4.79 Å². The molecule has 0 saturated carbocycles. The molecular weight excluding hydrogens is 278 g/mol. The normalized spacial score (nSPS) is 22.4. The molecule has 1 aromatic carbocycles. The van der Waals surface area contributed by atoms with E-state index < -0.39 is 0 Å². The summed E-state index contributed by atoms with van der Waals surface area (Å²) in [6, 6.07) is 8.29. The predicted molar refractivity (Wildman–Crippen MR) is 85.0 cm³/mol. The summed E-state index contributed by atoms with van der Waals surface area (Å²) in [5, 5.41) is 0.909. The number of aromatic nitrogens is 2. The molecule has 5 heteroatoms. The van der Waals surface area contributed by atoms with Gasteiger partial charge in [0.1, 0.15) is 17.6 Å². The zero-order valence-electron chi connectivity index (χ0n) is 12.7. The number of H-pyrrole nitrogens is 1. The first-order valence-electron chi connectivity index (χ1n) is 7.97. The predicted octanol–water partition coefficient (Wildman–Crippen LogP) is 1.63. The summed E-state index contributed by atoms with van der Waals surface area (Å²) in [6.07, 6.45) is 3.80. The maximum absolute atomic E-state index is 12.3. The zero-order valence-corrected chi connectivity index (χ0v) is 12.7. The fourth-order valence-electron chi connectivity index (χ4n) is 3.46. The highest BCUT2D eigenvalue weighted by molar-refractivity contribution is 6.01. The van der Waals surface area contributed by atoms with Crippen LogP contribution in [0.3, 0.4) is 0 Å². The van der Waals surface area contributed by atoms with Crippen LogP contribution in [0.5, 0.6) is 0 Å². The Balaban J connectivity index is 1.78. The number of nitrogens with zero attached hydrogens (tertiary/aromatic N) is 1. The van der Waals surface area contributed by atoms with E-state index in [1.54, 1.807) is 0 Å². The van der Waals surface area contributed by atoms with Gasteiger partial charge < -0.3 is 14.3 Å². The van der Waals surface area contributed by atoms with Gasteiger partial charge >= 0.3 is 0 Å². The van der Waals surface area contributed by atoms with Gasteiger partial charge in [0.25, 0.3) is 5.56 Å². The van der Waals surface area contributed by atoms with Crippen molar-refractivity contribution >= 4 is 22.1 Å². The number of quaternary nitrogens is 1. The van der Waals surface area contributed by atoms with Crippen molar-refractivity contribution in [3.63, 3.8) is 0 Å². The Labute approximate surface area is 127 Å². The molecule has 2 aromatic heterocycles. The van der Waals surface area contributed by atoms with Crippen LogP contribution >= 0.6 is 0 Å². The highest BCUT2D eigenvalue weighted by atomic mass is 16.3. The van der Waals surface area contributed by atoms with Gasteiger partial charge in [0.15, 0.2) is 5.82 Å². The molecule has 3 heterocycles. The van der Waals surface area contributed by atoms with Crippen molar-refractivity contribution in [2.45, 2.75) is 38.8 Å². The summed E-state index contributed by atoms with van der Waals surface area (Å²) in [5.41, 5.74) is 1.54. The first-order chi connectivity index (χ1) is 10.7. The molecule has 22 heavy (non-hydrogen) atoms. The highest BCUT2D eigenvalue weighted by Crippen LogP contribution is 2.24. The number of nitrogens with one attached hydrogen (secondary N) is 2. The number of aromatic amines is 1. The molecule has 1 aliphatic rings. The van der Waals surface area contributed by atoms with Crippen molar-refractivity contribution in [2.24, 2.45) is 0 Å². The van der Waals surface area contributed by atoms with Crippen LogP contribution in [0.4, 0.5) is 0 Å². The summed E-state index contributed by atoms with van der Waals surface area (Å²) in [4.78, 5) is 21.4. The number of furan rings is 1. The monoisotopic (exact) mass is 298 g/mol. The first-order valence-corrected chi connectivity index (χ1v) is 7.97. The molecule has 0 spiro atoms. The van der Waals surface area contributed by atoms with Gasteiger partial charge in [-0.05, 0) is 38.3 Å². The molecule has 4 rings (SSSR count). The maximum Gasteiger partial charge on any atom is 0.294 e. The van der Waals surface area contributed by atoms with E-state index in [1.165, 1.54) is 24.2 Å². The molecular formula is C17H20N3O2+. The average molecular weight is 298 g/mol. The topological polar surface area (TPSA) is 63.3 Å². The minimum atomic E-state index is -0.180. The molecule has 0 amide bonds. The highest BCUT2D eigenvalue weighted by Gasteiger charge is 2.23. The van der Waals surface area contributed by atoms with Gasteiger partial charge in [0.05, 0.1) is 12.6 Å². The summed E-state index contributed by atoms with van der Waals surface area (Å²) in [6.45, 7) is 4.19. The lowest BCUT2D eigenvalue weighted by atomic mass is 10.0. The SMILES string of the molecule is C[C@@H]1CCCC[NH+]1Cc1nc2c(oc3ccccc32)c(=O)[nH]1. The van der Waals surface area contributed by atoms with E-state index in [1.807, 2.05) is 24.3 Å². The second-order valence-corrected chi connectivity index (χ2v) is 6.27.